The standard InChI is InChI=1S/C22H32OP/c1-16-13-17(2)21(18(3)14-16)15-19-9-7-8-12-22(19)24(23)20-10-5-4-6-11-20/h13-15,20,22H,4-12H2,1-3H3/q+1. The Morgan fingerprint density at radius 1 is 0.917 bits per heavy atom. The molecule has 0 aromatic heterocycles. The van der Waals surface area contributed by atoms with Crippen molar-refractivity contribution in [2.75, 3.05) is 0 Å². The van der Waals surface area contributed by atoms with Gasteiger partial charge in [-0.05, 0) is 94.4 Å². The third-order valence-corrected chi connectivity index (χ3v) is 8.37. The first-order valence-electron chi connectivity index (χ1n) is 9.80. The number of aryl methyl sites for hydroxylation is 3. The van der Waals surface area contributed by atoms with E-state index in [1.54, 1.807) is 0 Å². The van der Waals surface area contributed by atoms with Crippen LogP contribution < -0.4 is 0 Å². The van der Waals surface area contributed by atoms with Gasteiger partial charge in [0.15, 0.2) is 11.3 Å². The summed E-state index contributed by atoms with van der Waals surface area (Å²) >= 11 is 0. The molecule has 0 amide bonds. The molecule has 2 atom stereocenters. The lowest BCUT2D eigenvalue weighted by molar-refractivity contribution is 0.481. The number of hydrogen-bond acceptors (Lipinski definition) is 1. The fraction of sp³-hybridized carbons (Fsp3) is 0.636. The highest BCUT2D eigenvalue weighted by Crippen LogP contribution is 2.49. The van der Waals surface area contributed by atoms with Crippen LogP contribution in [-0.2, 0) is 4.57 Å². The van der Waals surface area contributed by atoms with Crippen LogP contribution in [0.25, 0.3) is 6.08 Å². The number of benzene rings is 1. The number of hydrogen-bond donors (Lipinski definition) is 0. The minimum absolute atomic E-state index is 0.344. The third kappa shape index (κ3) is 3.99. The molecule has 0 bridgehead atoms. The molecular formula is C22H32OP+. The van der Waals surface area contributed by atoms with Crippen molar-refractivity contribution >= 4 is 13.9 Å². The molecule has 2 saturated carbocycles. The van der Waals surface area contributed by atoms with Crippen LogP contribution in [0.2, 0.25) is 0 Å². The summed E-state index contributed by atoms with van der Waals surface area (Å²) in [5, 5.41) is 0. The maximum atomic E-state index is 13.3. The first-order valence-corrected chi connectivity index (χ1v) is 11.2. The Morgan fingerprint density at radius 3 is 2.21 bits per heavy atom. The molecule has 0 aliphatic heterocycles. The van der Waals surface area contributed by atoms with Crippen LogP contribution in [0.15, 0.2) is 17.7 Å². The van der Waals surface area contributed by atoms with Crippen molar-refractivity contribution in [3.8, 4) is 0 Å². The minimum atomic E-state index is -1.10. The molecule has 0 spiro atoms. The van der Waals surface area contributed by atoms with Crippen LogP contribution in [0.1, 0.15) is 80.0 Å². The topological polar surface area (TPSA) is 17.1 Å². The van der Waals surface area contributed by atoms with Gasteiger partial charge in [-0.2, -0.15) is 0 Å². The van der Waals surface area contributed by atoms with Crippen molar-refractivity contribution in [2.45, 2.75) is 89.9 Å². The average molecular weight is 343 g/mol. The predicted molar refractivity (Wildman–Crippen MR) is 105 cm³/mol. The maximum absolute atomic E-state index is 13.3. The van der Waals surface area contributed by atoms with E-state index in [1.165, 1.54) is 72.8 Å². The van der Waals surface area contributed by atoms with Crippen molar-refractivity contribution in [1.29, 1.82) is 0 Å². The van der Waals surface area contributed by atoms with Gasteiger partial charge in [0, 0.05) is 0 Å². The van der Waals surface area contributed by atoms with Gasteiger partial charge in [-0.1, -0.05) is 34.8 Å². The van der Waals surface area contributed by atoms with Crippen LogP contribution in [0.5, 0.6) is 0 Å². The van der Waals surface area contributed by atoms with E-state index in [-0.39, 0.29) is 0 Å². The van der Waals surface area contributed by atoms with Crippen molar-refractivity contribution in [3.63, 3.8) is 0 Å². The van der Waals surface area contributed by atoms with Gasteiger partial charge >= 0.3 is 7.80 Å². The zero-order chi connectivity index (χ0) is 17.1. The highest BCUT2D eigenvalue weighted by atomic mass is 31.1. The second-order valence-electron chi connectivity index (χ2n) is 7.94. The molecule has 3 rings (SSSR count). The fourth-order valence-electron chi connectivity index (χ4n) is 4.67. The molecule has 0 saturated heterocycles. The largest absolute Gasteiger partial charge is 0.349 e. The summed E-state index contributed by atoms with van der Waals surface area (Å²) < 4.78 is 13.3. The molecule has 1 nitrogen and oxygen atoms in total. The summed E-state index contributed by atoms with van der Waals surface area (Å²) in [6.45, 7) is 6.59. The second-order valence-corrected chi connectivity index (χ2v) is 10.0. The van der Waals surface area contributed by atoms with Gasteiger partial charge < -0.3 is 0 Å². The molecule has 0 N–H and O–H groups in total. The summed E-state index contributed by atoms with van der Waals surface area (Å²) in [6, 6.07) is 4.55. The van der Waals surface area contributed by atoms with Gasteiger partial charge in [0.1, 0.15) is 0 Å². The van der Waals surface area contributed by atoms with E-state index in [1.807, 2.05) is 0 Å². The summed E-state index contributed by atoms with van der Waals surface area (Å²) in [6.07, 6.45) is 13.5. The van der Waals surface area contributed by atoms with E-state index in [0.717, 1.165) is 12.8 Å². The zero-order valence-corrected chi connectivity index (χ0v) is 16.5. The fourth-order valence-corrected chi connectivity index (χ4v) is 7.02. The monoisotopic (exact) mass is 343 g/mol. The van der Waals surface area contributed by atoms with E-state index >= 15 is 0 Å². The summed E-state index contributed by atoms with van der Waals surface area (Å²) in [5.74, 6) is 0. The molecule has 2 aliphatic carbocycles. The summed E-state index contributed by atoms with van der Waals surface area (Å²) in [5.41, 5.74) is 7.73. The van der Waals surface area contributed by atoms with Crippen molar-refractivity contribution in [1.82, 2.24) is 0 Å². The van der Waals surface area contributed by atoms with Crippen molar-refractivity contribution < 1.29 is 4.57 Å². The van der Waals surface area contributed by atoms with Gasteiger partial charge in [0.25, 0.3) is 0 Å². The molecule has 2 unspecified atom stereocenters. The molecule has 2 fully saturated rings. The summed E-state index contributed by atoms with van der Waals surface area (Å²) in [4.78, 5) is 0. The Labute approximate surface area is 148 Å². The number of allylic oxidation sites excluding steroid dienone is 1. The third-order valence-electron chi connectivity index (χ3n) is 5.93. The van der Waals surface area contributed by atoms with E-state index in [4.69, 9.17) is 0 Å². The molecule has 130 valence electrons. The molecule has 2 aliphatic rings. The Morgan fingerprint density at radius 2 is 1.54 bits per heavy atom. The highest BCUT2D eigenvalue weighted by Gasteiger charge is 2.42. The first-order chi connectivity index (χ1) is 11.6. The lowest BCUT2D eigenvalue weighted by Crippen LogP contribution is -2.19. The van der Waals surface area contributed by atoms with Crippen LogP contribution >= 0.6 is 7.80 Å². The quantitative estimate of drug-likeness (QED) is 0.535. The molecule has 24 heavy (non-hydrogen) atoms. The van der Waals surface area contributed by atoms with Crippen LogP contribution in [0.3, 0.4) is 0 Å². The number of rotatable bonds is 3. The van der Waals surface area contributed by atoms with Gasteiger partial charge in [0.2, 0.25) is 0 Å². The van der Waals surface area contributed by atoms with Gasteiger partial charge in [-0.15, -0.1) is 0 Å². The predicted octanol–water partition coefficient (Wildman–Crippen LogP) is 7.10. The Kier molecular flexibility index (Phi) is 5.93. The highest BCUT2D eigenvalue weighted by molar-refractivity contribution is 7.46. The van der Waals surface area contributed by atoms with E-state index in [0.29, 0.717) is 11.3 Å². The normalized spacial score (nSPS) is 25.0. The smallest absolute Gasteiger partial charge is 0.0738 e. The lowest BCUT2D eigenvalue weighted by Gasteiger charge is -2.23. The Bertz CT molecular complexity index is 614. The zero-order valence-electron chi connectivity index (χ0n) is 15.6. The maximum Gasteiger partial charge on any atom is 0.349 e. The molecule has 2 heteroatoms. The minimum Gasteiger partial charge on any atom is -0.0738 e. The van der Waals surface area contributed by atoms with E-state index in [9.17, 15) is 4.57 Å². The van der Waals surface area contributed by atoms with E-state index in [2.05, 4.69) is 39.0 Å². The first kappa shape index (κ1) is 17.9. The van der Waals surface area contributed by atoms with Crippen LogP contribution in [-0.4, -0.2) is 11.3 Å². The summed E-state index contributed by atoms with van der Waals surface area (Å²) in [7, 11) is -1.10. The molecule has 0 heterocycles. The van der Waals surface area contributed by atoms with Gasteiger partial charge in [-0.3, -0.25) is 0 Å². The average Bonchev–Trinajstić information content (AvgIpc) is 2.58. The molecule has 0 radical (unpaired) electrons. The van der Waals surface area contributed by atoms with Crippen molar-refractivity contribution in [2.24, 2.45) is 0 Å². The molecule has 1 aromatic rings. The van der Waals surface area contributed by atoms with Crippen molar-refractivity contribution in [3.05, 3.63) is 40.0 Å². The second kappa shape index (κ2) is 7.96. The van der Waals surface area contributed by atoms with Crippen LogP contribution in [0, 0.1) is 20.8 Å². The van der Waals surface area contributed by atoms with Crippen LogP contribution in [0.4, 0.5) is 0 Å². The molecule has 1 aromatic carbocycles. The lowest BCUT2D eigenvalue weighted by atomic mass is 9.90. The molecular weight excluding hydrogens is 311 g/mol. The SMILES string of the molecule is Cc1cc(C)c(C=C2CCCCC2[P+](=O)C2CCCCC2)c(C)c1. The Hall–Kier alpha value is -0.940. The van der Waals surface area contributed by atoms with Gasteiger partial charge in [0.05, 0.1) is 0 Å². The van der Waals surface area contributed by atoms with Gasteiger partial charge in [-0.25, -0.2) is 0 Å². The van der Waals surface area contributed by atoms with E-state index < -0.39 is 7.80 Å². The Balaban J connectivity index is 1.88.